The van der Waals surface area contributed by atoms with Crippen LogP contribution in [0.25, 0.3) is 0 Å². The predicted molar refractivity (Wildman–Crippen MR) is 124 cm³/mol. The number of benzene rings is 2. The van der Waals surface area contributed by atoms with Gasteiger partial charge in [0.05, 0.1) is 12.8 Å². The summed E-state index contributed by atoms with van der Waals surface area (Å²) >= 11 is 0. The van der Waals surface area contributed by atoms with Crippen LogP contribution in [0.2, 0.25) is 0 Å². The molecular formula is C25H27N3O4. The number of aryl methyl sites for hydroxylation is 2. The number of urea groups is 1. The maximum atomic E-state index is 12.3. The zero-order chi connectivity index (χ0) is 23.1. The van der Waals surface area contributed by atoms with Crippen molar-refractivity contribution < 1.29 is 19.1 Å². The number of pyridine rings is 1. The van der Waals surface area contributed by atoms with Crippen molar-refractivity contribution in [3.8, 4) is 17.2 Å². The number of amides is 2. The Morgan fingerprint density at radius 2 is 1.69 bits per heavy atom. The molecule has 0 unspecified atom stereocenters. The molecule has 0 saturated carbocycles. The van der Waals surface area contributed by atoms with Crippen molar-refractivity contribution in [1.82, 2.24) is 10.3 Å². The van der Waals surface area contributed by atoms with Crippen LogP contribution in [0.15, 0.2) is 54.7 Å². The van der Waals surface area contributed by atoms with E-state index in [0.29, 0.717) is 41.6 Å². The summed E-state index contributed by atoms with van der Waals surface area (Å²) in [5.74, 6) is 1.75. The van der Waals surface area contributed by atoms with Crippen LogP contribution >= 0.6 is 0 Å². The van der Waals surface area contributed by atoms with Crippen molar-refractivity contribution >= 4 is 17.5 Å². The first kappa shape index (κ1) is 22.8. The van der Waals surface area contributed by atoms with Crippen molar-refractivity contribution in [3.05, 3.63) is 77.1 Å². The first-order valence-corrected chi connectivity index (χ1v) is 10.4. The zero-order valence-electron chi connectivity index (χ0n) is 18.7. The Morgan fingerprint density at radius 1 is 0.969 bits per heavy atom. The predicted octanol–water partition coefficient (Wildman–Crippen LogP) is 5.41. The van der Waals surface area contributed by atoms with Crippen molar-refractivity contribution in [2.45, 2.75) is 33.7 Å². The maximum absolute atomic E-state index is 12.3. The molecule has 7 nitrogen and oxygen atoms in total. The third kappa shape index (κ3) is 5.85. The first-order chi connectivity index (χ1) is 15.4. The van der Waals surface area contributed by atoms with Gasteiger partial charge in [-0.2, -0.15) is 0 Å². The molecule has 0 aliphatic carbocycles. The summed E-state index contributed by atoms with van der Waals surface area (Å²) in [6.07, 6.45) is 1.95. The number of nitrogens with zero attached hydrogens (tertiary/aromatic N) is 1. The molecule has 0 aliphatic heterocycles. The fourth-order valence-corrected chi connectivity index (χ4v) is 3.02. The van der Waals surface area contributed by atoms with Gasteiger partial charge in [-0.15, -0.1) is 0 Å². The van der Waals surface area contributed by atoms with Gasteiger partial charge in [0.15, 0.2) is 5.78 Å². The van der Waals surface area contributed by atoms with E-state index in [9.17, 15) is 9.59 Å². The summed E-state index contributed by atoms with van der Waals surface area (Å²) in [5.41, 5.74) is 4.08. The summed E-state index contributed by atoms with van der Waals surface area (Å²) in [5, 5.41) is 5.67. The zero-order valence-corrected chi connectivity index (χ0v) is 18.7. The Labute approximate surface area is 187 Å². The highest BCUT2D eigenvalue weighted by Gasteiger charge is 2.10. The molecule has 32 heavy (non-hydrogen) atoms. The van der Waals surface area contributed by atoms with Crippen LogP contribution in [0.1, 0.15) is 40.5 Å². The lowest BCUT2D eigenvalue weighted by atomic mass is 10.1. The molecule has 1 heterocycles. The van der Waals surface area contributed by atoms with Gasteiger partial charge in [-0.1, -0.05) is 19.1 Å². The van der Waals surface area contributed by atoms with E-state index in [0.717, 1.165) is 16.7 Å². The molecule has 2 amide bonds. The molecule has 1 aromatic heterocycles. The summed E-state index contributed by atoms with van der Waals surface area (Å²) < 4.78 is 11.2. The van der Waals surface area contributed by atoms with Crippen LogP contribution in [0, 0.1) is 13.8 Å². The number of methoxy groups -OCH3 is 1. The van der Waals surface area contributed by atoms with Crippen LogP contribution < -0.4 is 20.1 Å². The van der Waals surface area contributed by atoms with E-state index in [-0.39, 0.29) is 11.8 Å². The second-order valence-corrected chi connectivity index (χ2v) is 7.34. The molecular weight excluding hydrogens is 406 g/mol. The van der Waals surface area contributed by atoms with Gasteiger partial charge in [-0.3, -0.25) is 9.78 Å². The fraction of sp³-hybridized carbons (Fsp3) is 0.240. The number of carbonyl (C=O) groups is 2. The van der Waals surface area contributed by atoms with Crippen LogP contribution in [-0.4, -0.2) is 23.9 Å². The molecule has 7 heteroatoms. The number of nitrogens with one attached hydrogen (secondary N) is 2. The average Bonchev–Trinajstić information content (AvgIpc) is 2.80. The molecule has 2 aromatic carbocycles. The topological polar surface area (TPSA) is 89.5 Å². The number of anilines is 1. The molecule has 0 radical (unpaired) electrons. The Morgan fingerprint density at radius 3 is 2.38 bits per heavy atom. The molecule has 0 fully saturated rings. The second kappa shape index (κ2) is 10.4. The number of hydrogen-bond acceptors (Lipinski definition) is 5. The highest BCUT2D eigenvalue weighted by Crippen LogP contribution is 2.28. The number of rotatable bonds is 8. The summed E-state index contributed by atoms with van der Waals surface area (Å²) in [6, 6.07) is 14.1. The van der Waals surface area contributed by atoms with Gasteiger partial charge >= 0.3 is 6.03 Å². The normalized spacial score (nSPS) is 10.4. The van der Waals surface area contributed by atoms with E-state index in [1.54, 1.807) is 32.4 Å². The van der Waals surface area contributed by atoms with Crippen molar-refractivity contribution in [2.24, 2.45) is 0 Å². The molecule has 0 spiro atoms. The van der Waals surface area contributed by atoms with Crippen molar-refractivity contribution in [1.29, 1.82) is 0 Å². The van der Waals surface area contributed by atoms with Crippen LogP contribution in [0.3, 0.4) is 0 Å². The quantitative estimate of drug-likeness (QED) is 0.464. The molecule has 0 atom stereocenters. The highest BCUT2D eigenvalue weighted by molar-refractivity contribution is 5.94. The number of hydrogen-bond donors (Lipinski definition) is 2. The van der Waals surface area contributed by atoms with Gasteiger partial charge in [0, 0.05) is 25.2 Å². The molecule has 166 valence electrons. The van der Waals surface area contributed by atoms with Gasteiger partial charge in [0.1, 0.15) is 22.9 Å². The number of ether oxygens (including phenoxy) is 2. The Bertz CT molecular complexity index is 1110. The lowest BCUT2D eigenvalue weighted by molar-refractivity contribution is 0.0983. The minimum Gasteiger partial charge on any atom is -0.495 e. The Kier molecular flexibility index (Phi) is 7.44. The van der Waals surface area contributed by atoms with Gasteiger partial charge in [-0.05, 0) is 60.9 Å². The third-order valence-electron chi connectivity index (χ3n) is 5.01. The Hall–Kier alpha value is -3.87. The summed E-state index contributed by atoms with van der Waals surface area (Å²) in [6.45, 7) is 6.12. The van der Waals surface area contributed by atoms with E-state index >= 15 is 0 Å². The monoisotopic (exact) mass is 433 g/mol. The summed E-state index contributed by atoms with van der Waals surface area (Å²) in [7, 11) is 1.57. The fourth-order valence-electron chi connectivity index (χ4n) is 3.02. The number of aromatic nitrogens is 1. The van der Waals surface area contributed by atoms with Crippen molar-refractivity contribution in [2.75, 3.05) is 12.4 Å². The number of Topliss-reactive ketones (excluding diaryl/α,β-unsaturated/α-hetero) is 1. The van der Waals surface area contributed by atoms with Gasteiger partial charge in [0.25, 0.3) is 0 Å². The van der Waals surface area contributed by atoms with E-state index in [1.807, 2.05) is 50.2 Å². The lowest BCUT2D eigenvalue weighted by Crippen LogP contribution is -2.28. The lowest BCUT2D eigenvalue weighted by Gasteiger charge is -2.14. The van der Waals surface area contributed by atoms with E-state index < -0.39 is 0 Å². The smallest absolute Gasteiger partial charge is 0.319 e. The SMILES string of the molecule is CCC(=O)c1cc(Oc2ccc(CNC(=O)Nc3cc(C)c(C)cc3OC)cc2)ccn1. The summed E-state index contributed by atoms with van der Waals surface area (Å²) in [4.78, 5) is 28.2. The van der Waals surface area contributed by atoms with Gasteiger partial charge in [0.2, 0.25) is 0 Å². The average molecular weight is 434 g/mol. The minimum atomic E-state index is -0.322. The van der Waals surface area contributed by atoms with E-state index in [1.165, 1.54) is 0 Å². The number of carbonyl (C=O) groups excluding carboxylic acids is 2. The maximum Gasteiger partial charge on any atom is 0.319 e. The van der Waals surface area contributed by atoms with Crippen LogP contribution in [0.4, 0.5) is 10.5 Å². The molecule has 0 aliphatic rings. The van der Waals surface area contributed by atoms with Gasteiger partial charge < -0.3 is 20.1 Å². The molecule has 0 saturated heterocycles. The van der Waals surface area contributed by atoms with Crippen LogP contribution in [-0.2, 0) is 6.54 Å². The third-order valence-corrected chi connectivity index (χ3v) is 5.01. The second-order valence-electron chi connectivity index (χ2n) is 7.34. The number of ketones is 1. The molecule has 3 rings (SSSR count). The largest absolute Gasteiger partial charge is 0.495 e. The standard InChI is InChI=1S/C25H27N3O4/c1-5-23(29)21-14-20(10-11-26-21)32-19-8-6-18(7-9-19)15-27-25(30)28-22-12-16(2)17(3)13-24(22)31-4/h6-14H,5,15H2,1-4H3,(H2,27,28,30). The molecule has 3 aromatic rings. The first-order valence-electron chi connectivity index (χ1n) is 10.4. The highest BCUT2D eigenvalue weighted by atomic mass is 16.5. The van der Waals surface area contributed by atoms with Crippen molar-refractivity contribution in [3.63, 3.8) is 0 Å². The minimum absolute atomic E-state index is 0.0337. The molecule has 2 N–H and O–H groups in total. The van der Waals surface area contributed by atoms with Gasteiger partial charge in [-0.25, -0.2) is 4.79 Å². The van der Waals surface area contributed by atoms with E-state index in [4.69, 9.17) is 9.47 Å². The Balaban J connectivity index is 1.57. The van der Waals surface area contributed by atoms with Crippen LogP contribution in [0.5, 0.6) is 17.2 Å². The van der Waals surface area contributed by atoms with E-state index in [2.05, 4.69) is 15.6 Å². The molecule has 0 bridgehead atoms.